The van der Waals surface area contributed by atoms with Gasteiger partial charge in [0.1, 0.15) is 11.5 Å². The van der Waals surface area contributed by atoms with Gasteiger partial charge in [-0.2, -0.15) is 0 Å². The Bertz CT molecular complexity index is 729. The molecule has 26 heavy (non-hydrogen) atoms. The van der Waals surface area contributed by atoms with Gasteiger partial charge in [0.2, 0.25) is 0 Å². The number of aryl methyl sites for hydroxylation is 1. The van der Waals surface area contributed by atoms with Gasteiger partial charge in [-0.1, -0.05) is 24.3 Å². The minimum atomic E-state index is 0.302. The normalized spacial score (nSPS) is 11.3. The highest BCUT2D eigenvalue weighted by Crippen LogP contribution is 2.19. The Kier molecular flexibility index (Phi) is 7.80. The van der Waals surface area contributed by atoms with Gasteiger partial charge in [-0.05, 0) is 61.6 Å². The van der Waals surface area contributed by atoms with E-state index in [4.69, 9.17) is 4.74 Å². The molecule has 0 fully saturated rings. The maximum absolute atomic E-state index is 9.52. The van der Waals surface area contributed by atoms with Crippen molar-refractivity contribution in [3.05, 3.63) is 59.2 Å². The number of methoxy groups -OCH3 is 1. The SMILES string of the molecule is CCNC(=NCCc1ccc(C)c(OC)c1)NCCc1cccc(O)c1. The maximum atomic E-state index is 9.52. The molecule has 0 unspecified atom stereocenters. The Labute approximate surface area is 156 Å². The van der Waals surface area contributed by atoms with Gasteiger partial charge in [0, 0.05) is 19.6 Å². The van der Waals surface area contributed by atoms with Gasteiger partial charge in [-0.3, -0.25) is 4.99 Å². The molecule has 2 rings (SSSR count). The molecule has 2 aromatic carbocycles. The van der Waals surface area contributed by atoms with Crippen LogP contribution in [0.5, 0.6) is 11.5 Å². The number of phenolic OH excluding ortho intramolecular Hbond substituents is 1. The molecule has 0 bridgehead atoms. The lowest BCUT2D eigenvalue weighted by Gasteiger charge is -2.12. The van der Waals surface area contributed by atoms with E-state index in [1.807, 2.05) is 19.1 Å². The third kappa shape index (κ3) is 6.31. The molecule has 0 aliphatic rings. The molecule has 0 atom stereocenters. The third-order valence-electron chi connectivity index (χ3n) is 4.10. The standard InChI is InChI=1S/C21H29N3O2/c1-4-22-21(23-12-10-17-6-5-7-19(25)14-17)24-13-11-18-9-8-16(2)20(15-18)26-3/h5-9,14-15,25H,4,10-13H2,1-3H3,(H2,22,23,24). The summed E-state index contributed by atoms with van der Waals surface area (Å²) in [5.74, 6) is 2.03. The summed E-state index contributed by atoms with van der Waals surface area (Å²) in [4.78, 5) is 4.64. The first-order valence-corrected chi connectivity index (χ1v) is 9.06. The van der Waals surface area contributed by atoms with E-state index in [1.165, 1.54) is 5.56 Å². The van der Waals surface area contributed by atoms with Crippen LogP contribution < -0.4 is 15.4 Å². The van der Waals surface area contributed by atoms with E-state index in [0.717, 1.165) is 48.8 Å². The molecule has 0 amide bonds. The second-order valence-electron chi connectivity index (χ2n) is 6.16. The summed E-state index contributed by atoms with van der Waals surface area (Å²) in [5.41, 5.74) is 3.45. The fraction of sp³-hybridized carbons (Fsp3) is 0.381. The highest BCUT2D eigenvalue weighted by atomic mass is 16.5. The van der Waals surface area contributed by atoms with Crippen LogP contribution in [0.25, 0.3) is 0 Å². The topological polar surface area (TPSA) is 65.9 Å². The van der Waals surface area contributed by atoms with Gasteiger partial charge in [0.15, 0.2) is 5.96 Å². The molecule has 5 nitrogen and oxygen atoms in total. The van der Waals surface area contributed by atoms with Gasteiger partial charge < -0.3 is 20.5 Å². The number of benzene rings is 2. The monoisotopic (exact) mass is 355 g/mol. The summed E-state index contributed by atoms with van der Waals surface area (Å²) in [7, 11) is 1.70. The molecule has 0 saturated carbocycles. The van der Waals surface area contributed by atoms with Crippen molar-refractivity contribution in [2.45, 2.75) is 26.7 Å². The summed E-state index contributed by atoms with van der Waals surface area (Å²) in [5, 5.41) is 16.1. The van der Waals surface area contributed by atoms with Crippen molar-refractivity contribution in [2.24, 2.45) is 4.99 Å². The number of aromatic hydroxyl groups is 1. The van der Waals surface area contributed by atoms with Crippen molar-refractivity contribution in [3.63, 3.8) is 0 Å². The number of nitrogens with zero attached hydrogens (tertiary/aromatic N) is 1. The number of rotatable bonds is 8. The van der Waals surface area contributed by atoms with Gasteiger partial charge in [-0.15, -0.1) is 0 Å². The summed E-state index contributed by atoms with van der Waals surface area (Å²) in [6.07, 6.45) is 1.69. The fourth-order valence-electron chi connectivity index (χ4n) is 2.70. The smallest absolute Gasteiger partial charge is 0.191 e. The highest BCUT2D eigenvalue weighted by molar-refractivity contribution is 5.79. The molecule has 0 aliphatic heterocycles. The van der Waals surface area contributed by atoms with Gasteiger partial charge in [0.25, 0.3) is 0 Å². The first kappa shape index (κ1) is 19.6. The average molecular weight is 355 g/mol. The zero-order chi connectivity index (χ0) is 18.8. The Morgan fingerprint density at radius 3 is 2.62 bits per heavy atom. The van der Waals surface area contributed by atoms with Gasteiger partial charge in [0.05, 0.1) is 7.11 Å². The minimum Gasteiger partial charge on any atom is -0.508 e. The van der Waals surface area contributed by atoms with Crippen LogP contribution in [0.15, 0.2) is 47.5 Å². The van der Waals surface area contributed by atoms with E-state index in [1.54, 1.807) is 19.2 Å². The summed E-state index contributed by atoms with van der Waals surface area (Å²) in [6, 6.07) is 13.6. The van der Waals surface area contributed by atoms with E-state index in [0.29, 0.717) is 12.3 Å². The number of guanidine groups is 1. The molecule has 2 aromatic rings. The van der Waals surface area contributed by atoms with E-state index >= 15 is 0 Å². The largest absolute Gasteiger partial charge is 0.508 e. The number of hydrogen-bond donors (Lipinski definition) is 3. The summed E-state index contributed by atoms with van der Waals surface area (Å²) >= 11 is 0. The van der Waals surface area contributed by atoms with Crippen LogP contribution in [0.3, 0.4) is 0 Å². The third-order valence-corrected chi connectivity index (χ3v) is 4.10. The minimum absolute atomic E-state index is 0.302. The molecule has 0 radical (unpaired) electrons. The van der Waals surface area contributed by atoms with Gasteiger partial charge >= 0.3 is 0 Å². The van der Waals surface area contributed by atoms with Crippen LogP contribution in [-0.4, -0.2) is 37.8 Å². The van der Waals surface area contributed by atoms with Crippen molar-refractivity contribution in [1.82, 2.24) is 10.6 Å². The molecular formula is C21H29N3O2. The second-order valence-corrected chi connectivity index (χ2v) is 6.16. The zero-order valence-electron chi connectivity index (χ0n) is 15.9. The average Bonchev–Trinajstić information content (AvgIpc) is 2.63. The molecule has 0 heterocycles. The van der Waals surface area contributed by atoms with Crippen LogP contribution in [-0.2, 0) is 12.8 Å². The number of hydrogen-bond acceptors (Lipinski definition) is 3. The van der Waals surface area contributed by atoms with Crippen molar-refractivity contribution >= 4 is 5.96 Å². The zero-order valence-corrected chi connectivity index (χ0v) is 15.9. The first-order valence-electron chi connectivity index (χ1n) is 9.06. The number of aliphatic imine (C=N–C) groups is 1. The Morgan fingerprint density at radius 2 is 1.88 bits per heavy atom. The van der Waals surface area contributed by atoms with Crippen molar-refractivity contribution < 1.29 is 9.84 Å². The molecule has 0 spiro atoms. The quantitative estimate of drug-likeness (QED) is 0.503. The van der Waals surface area contributed by atoms with Crippen LogP contribution in [0.4, 0.5) is 0 Å². The van der Waals surface area contributed by atoms with Crippen molar-refractivity contribution in [2.75, 3.05) is 26.7 Å². The van der Waals surface area contributed by atoms with E-state index in [-0.39, 0.29) is 0 Å². The Hall–Kier alpha value is -2.69. The predicted octanol–water partition coefficient (Wildman–Crippen LogP) is 3.05. The molecule has 140 valence electrons. The lowest BCUT2D eigenvalue weighted by atomic mass is 10.1. The Balaban J connectivity index is 1.85. The summed E-state index contributed by atoms with van der Waals surface area (Å²) < 4.78 is 5.38. The highest BCUT2D eigenvalue weighted by Gasteiger charge is 2.02. The van der Waals surface area contributed by atoms with Crippen LogP contribution in [0, 0.1) is 6.92 Å². The van der Waals surface area contributed by atoms with Crippen LogP contribution in [0.1, 0.15) is 23.6 Å². The van der Waals surface area contributed by atoms with Crippen LogP contribution in [0.2, 0.25) is 0 Å². The van der Waals surface area contributed by atoms with E-state index < -0.39 is 0 Å². The number of ether oxygens (including phenoxy) is 1. The van der Waals surface area contributed by atoms with E-state index in [9.17, 15) is 5.11 Å². The molecule has 0 aliphatic carbocycles. The summed E-state index contributed by atoms with van der Waals surface area (Å²) in [6.45, 7) is 6.37. The molecule has 5 heteroatoms. The molecule has 0 aromatic heterocycles. The lowest BCUT2D eigenvalue weighted by molar-refractivity contribution is 0.411. The lowest BCUT2D eigenvalue weighted by Crippen LogP contribution is -2.38. The van der Waals surface area contributed by atoms with Crippen molar-refractivity contribution in [3.8, 4) is 11.5 Å². The fourth-order valence-corrected chi connectivity index (χ4v) is 2.70. The number of nitrogens with one attached hydrogen (secondary N) is 2. The van der Waals surface area contributed by atoms with E-state index in [2.05, 4.69) is 40.7 Å². The van der Waals surface area contributed by atoms with Gasteiger partial charge in [-0.25, -0.2) is 0 Å². The predicted molar refractivity (Wildman–Crippen MR) is 107 cm³/mol. The second kappa shape index (κ2) is 10.3. The molecular weight excluding hydrogens is 326 g/mol. The Morgan fingerprint density at radius 1 is 1.08 bits per heavy atom. The first-order chi connectivity index (χ1) is 12.6. The maximum Gasteiger partial charge on any atom is 0.191 e. The van der Waals surface area contributed by atoms with Crippen molar-refractivity contribution in [1.29, 1.82) is 0 Å². The molecule has 3 N–H and O–H groups in total. The molecule has 0 saturated heterocycles. The number of phenols is 1. The van der Waals surface area contributed by atoms with Crippen LogP contribution >= 0.6 is 0 Å².